The third-order valence-electron chi connectivity index (χ3n) is 4.19. The van der Waals surface area contributed by atoms with Crippen molar-refractivity contribution in [3.05, 3.63) is 30.1 Å². The summed E-state index contributed by atoms with van der Waals surface area (Å²) in [7, 11) is 0. The Morgan fingerprint density at radius 2 is 2.17 bits per heavy atom. The normalized spacial score (nSPS) is 16.2. The van der Waals surface area contributed by atoms with Gasteiger partial charge in [0.25, 0.3) is 0 Å². The summed E-state index contributed by atoms with van der Waals surface area (Å²) in [6.07, 6.45) is 9.47. The average Bonchev–Trinajstić information content (AvgIpc) is 3.02. The first-order chi connectivity index (χ1) is 11.9. The number of aromatic nitrogens is 3. The van der Waals surface area contributed by atoms with Crippen molar-refractivity contribution in [1.29, 1.82) is 0 Å². The molecule has 6 heteroatoms. The molecule has 3 rings (SSSR count). The molecule has 0 bridgehead atoms. The van der Waals surface area contributed by atoms with Crippen LogP contribution in [0, 0.1) is 0 Å². The van der Waals surface area contributed by atoms with E-state index in [9.17, 15) is 0 Å². The highest BCUT2D eigenvalue weighted by Gasteiger charge is 2.09. The van der Waals surface area contributed by atoms with Crippen molar-refractivity contribution in [1.82, 2.24) is 19.5 Å². The molecule has 1 fully saturated rings. The zero-order valence-electron chi connectivity index (χ0n) is 14.4. The van der Waals surface area contributed by atoms with Crippen LogP contribution in [0.5, 0.6) is 0 Å². The second-order valence-corrected chi connectivity index (χ2v) is 6.10. The number of fused-ring (bicyclic) bond motifs is 1. The Kier molecular flexibility index (Phi) is 6.20. The molecule has 6 nitrogen and oxygen atoms in total. The minimum Gasteiger partial charge on any atom is -0.379 e. The molecule has 1 N–H and O–H groups in total. The number of anilines is 1. The molecule has 24 heavy (non-hydrogen) atoms. The van der Waals surface area contributed by atoms with Gasteiger partial charge in [0, 0.05) is 19.6 Å². The molecule has 0 saturated carbocycles. The maximum absolute atomic E-state index is 5.37. The molecule has 0 aliphatic carbocycles. The summed E-state index contributed by atoms with van der Waals surface area (Å²) in [4.78, 5) is 6.85. The Morgan fingerprint density at radius 1 is 1.29 bits per heavy atom. The van der Waals surface area contributed by atoms with Gasteiger partial charge in [-0.15, -0.1) is 5.10 Å². The topological polar surface area (TPSA) is 54.7 Å². The van der Waals surface area contributed by atoms with Gasteiger partial charge >= 0.3 is 0 Å². The van der Waals surface area contributed by atoms with Crippen molar-refractivity contribution in [3.8, 4) is 0 Å². The lowest BCUT2D eigenvalue weighted by molar-refractivity contribution is 0.0378. The van der Waals surface area contributed by atoms with Gasteiger partial charge in [0.05, 0.1) is 25.1 Å². The zero-order chi connectivity index (χ0) is 16.6. The molecule has 0 atom stereocenters. The number of hydrogen-bond donors (Lipinski definition) is 1. The summed E-state index contributed by atoms with van der Waals surface area (Å²) in [5.74, 6) is 0.896. The van der Waals surface area contributed by atoms with Crippen LogP contribution in [0.15, 0.2) is 24.4 Å². The molecule has 2 aromatic rings. The number of morpholine rings is 1. The van der Waals surface area contributed by atoms with Gasteiger partial charge in [-0.2, -0.15) is 0 Å². The van der Waals surface area contributed by atoms with Gasteiger partial charge in [-0.3, -0.25) is 4.90 Å². The fourth-order valence-electron chi connectivity index (χ4n) is 2.81. The molecular formula is C18H27N5O. The molecule has 0 radical (unpaired) electrons. The standard InChI is InChI=1S/C18H27N5O/c1-2-3-4-6-16-15-20-18-8-7-17(21-23(16)18)19-9-5-10-22-11-13-24-14-12-22/h4,6-8,15H,2-3,5,9-14H2,1H3,(H,19,21)/b6-4+. The van der Waals surface area contributed by atoms with Crippen molar-refractivity contribution >= 4 is 17.5 Å². The first-order valence-electron chi connectivity index (χ1n) is 8.92. The predicted molar refractivity (Wildman–Crippen MR) is 97.3 cm³/mol. The largest absolute Gasteiger partial charge is 0.379 e. The number of ether oxygens (including phenoxy) is 1. The Hall–Kier alpha value is -1.92. The molecule has 0 amide bonds. The lowest BCUT2D eigenvalue weighted by Crippen LogP contribution is -2.37. The van der Waals surface area contributed by atoms with E-state index in [4.69, 9.17) is 4.74 Å². The Balaban J connectivity index is 1.53. The molecule has 1 saturated heterocycles. The number of imidazole rings is 1. The molecule has 2 aromatic heterocycles. The maximum atomic E-state index is 5.37. The van der Waals surface area contributed by atoms with Gasteiger partial charge in [-0.1, -0.05) is 19.4 Å². The number of unbranched alkanes of at least 4 members (excludes halogenated alkanes) is 1. The van der Waals surface area contributed by atoms with Crippen LogP contribution < -0.4 is 5.32 Å². The van der Waals surface area contributed by atoms with Crippen molar-refractivity contribution in [3.63, 3.8) is 0 Å². The lowest BCUT2D eigenvalue weighted by atomic mass is 10.3. The third-order valence-corrected chi connectivity index (χ3v) is 4.19. The Morgan fingerprint density at radius 3 is 3.00 bits per heavy atom. The smallest absolute Gasteiger partial charge is 0.154 e. The maximum Gasteiger partial charge on any atom is 0.154 e. The number of nitrogens with one attached hydrogen (secondary N) is 1. The van der Waals surface area contributed by atoms with E-state index in [0.29, 0.717) is 0 Å². The molecule has 0 aromatic carbocycles. The fraction of sp³-hybridized carbons (Fsp3) is 0.556. The van der Waals surface area contributed by atoms with Gasteiger partial charge < -0.3 is 10.1 Å². The zero-order valence-corrected chi connectivity index (χ0v) is 14.4. The number of allylic oxidation sites excluding steroid dienone is 1. The van der Waals surface area contributed by atoms with Crippen LogP contribution in [-0.4, -0.2) is 58.9 Å². The number of hydrogen-bond acceptors (Lipinski definition) is 5. The molecule has 1 aliphatic rings. The number of rotatable bonds is 8. The highest BCUT2D eigenvalue weighted by atomic mass is 16.5. The minimum atomic E-state index is 0.862. The molecule has 3 heterocycles. The van der Waals surface area contributed by atoms with E-state index >= 15 is 0 Å². The summed E-state index contributed by atoms with van der Waals surface area (Å²) in [6, 6.07) is 4.01. The van der Waals surface area contributed by atoms with Crippen LogP contribution in [0.4, 0.5) is 5.82 Å². The fourth-order valence-corrected chi connectivity index (χ4v) is 2.81. The van der Waals surface area contributed by atoms with E-state index in [-0.39, 0.29) is 0 Å². The summed E-state index contributed by atoms with van der Waals surface area (Å²) in [6.45, 7) is 8.02. The third kappa shape index (κ3) is 4.55. The average molecular weight is 329 g/mol. The second kappa shape index (κ2) is 8.80. The second-order valence-electron chi connectivity index (χ2n) is 6.10. The lowest BCUT2D eigenvalue weighted by Gasteiger charge is -2.26. The van der Waals surface area contributed by atoms with Crippen molar-refractivity contribution in [2.24, 2.45) is 0 Å². The van der Waals surface area contributed by atoms with E-state index in [1.165, 1.54) is 0 Å². The van der Waals surface area contributed by atoms with E-state index in [0.717, 1.165) is 75.8 Å². The molecule has 1 aliphatic heterocycles. The molecular weight excluding hydrogens is 302 g/mol. The first kappa shape index (κ1) is 16.9. The van der Waals surface area contributed by atoms with Gasteiger partial charge in [0.15, 0.2) is 5.65 Å². The summed E-state index contributed by atoms with van der Waals surface area (Å²) in [5, 5.41) is 8.08. The van der Waals surface area contributed by atoms with Crippen molar-refractivity contribution in [2.45, 2.75) is 26.2 Å². The summed E-state index contributed by atoms with van der Waals surface area (Å²) in [5.41, 5.74) is 1.90. The van der Waals surface area contributed by atoms with Gasteiger partial charge in [0.2, 0.25) is 0 Å². The monoisotopic (exact) mass is 329 g/mol. The highest BCUT2D eigenvalue weighted by Crippen LogP contribution is 2.11. The van der Waals surface area contributed by atoms with Gasteiger partial charge in [-0.05, 0) is 37.6 Å². The molecule has 0 unspecified atom stereocenters. The minimum absolute atomic E-state index is 0.862. The summed E-state index contributed by atoms with van der Waals surface area (Å²) >= 11 is 0. The van der Waals surface area contributed by atoms with Crippen LogP contribution in [0.25, 0.3) is 11.7 Å². The SMILES string of the molecule is CCC/C=C/c1cnc2ccc(NCCCN3CCOCC3)nn12. The highest BCUT2D eigenvalue weighted by molar-refractivity contribution is 5.53. The van der Waals surface area contributed by atoms with Crippen LogP contribution >= 0.6 is 0 Å². The van der Waals surface area contributed by atoms with E-state index in [1.54, 1.807) is 0 Å². The van der Waals surface area contributed by atoms with Gasteiger partial charge in [0.1, 0.15) is 5.82 Å². The predicted octanol–water partition coefficient (Wildman–Crippen LogP) is 2.68. The van der Waals surface area contributed by atoms with Crippen LogP contribution in [-0.2, 0) is 4.74 Å². The van der Waals surface area contributed by atoms with Crippen LogP contribution in [0.2, 0.25) is 0 Å². The quantitative estimate of drug-likeness (QED) is 0.755. The first-order valence-corrected chi connectivity index (χ1v) is 8.92. The number of nitrogens with zero attached hydrogens (tertiary/aromatic N) is 4. The van der Waals surface area contributed by atoms with E-state index in [1.807, 2.05) is 22.8 Å². The molecule has 130 valence electrons. The Labute approximate surface area is 143 Å². The Bertz CT molecular complexity index is 660. The molecule has 0 spiro atoms. The van der Waals surface area contributed by atoms with Crippen molar-refractivity contribution in [2.75, 3.05) is 44.7 Å². The van der Waals surface area contributed by atoms with Gasteiger partial charge in [-0.25, -0.2) is 9.50 Å². The van der Waals surface area contributed by atoms with Crippen molar-refractivity contribution < 1.29 is 4.74 Å². The summed E-state index contributed by atoms with van der Waals surface area (Å²) < 4.78 is 7.27. The van der Waals surface area contributed by atoms with Crippen LogP contribution in [0.1, 0.15) is 31.9 Å². The van der Waals surface area contributed by atoms with E-state index in [2.05, 4.69) is 39.4 Å². The van der Waals surface area contributed by atoms with Crippen LogP contribution in [0.3, 0.4) is 0 Å². The van der Waals surface area contributed by atoms with E-state index < -0.39 is 0 Å².